The highest BCUT2D eigenvalue weighted by molar-refractivity contribution is 6.32. The van der Waals surface area contributed by atoms with Crippen molar-refractivity contribution in [2.75, 3.05) is 0 Å². The Bertz CT molecular complexity index is 973. The molecule has 1 aromatic rings. The minimum atomic E-state index is -1.29. The number of aryl methyl sites for hydroxylation is 1. The number of aliphatic hydroxyl groups excluding tert-OH is 2. The monoisotopic (exact) mass is 525 g/mol. The third kappa shape index (κ3) is 6.57. The van der Waals surface area contributed by atoms with Gasteiger partial charge in [-0.2, -0.15) is 0 Å². The predicted octanol–water partition coefficient (Wildman–Crippen LogP) is 4.58. The van der Waals surface area contributed by atoms with Crippen molar-refractivity contribution in [3.8, 4) is 0 Å². The number of epoxide rings is 1. The van der Waals surface area contributed by atoms with Gasteiger partial charge >= 0.3 is 5.97 Å². The number of fused-ring (bicyclic) bond motifs is 1. The molecule has 2 N–H and O–H groups in total. The van der Waals surface area contributed by atoms with Crippen molar-refractivity contribution >= 4 is 29.4 Å². The summed E-state index contributed by atoms with van der Waals surface area (Å²) in [5.41, 5.74) is -1.12. The van der Waals surface area contributed by atoms with E-state index in [1.807, 2.05) is 20.8 Å². The number of aromatic nitrogens is 1. The Morgan fingerprint density at radius 1 is 1.28 bits per heavy atom. The van der Waals surface area contributed by atoms with E-state index < -0.39 is 35.6 Å². The zero-order valence-electron chi connectivity index (χ0n) is 22.1. The van der Waals surface area contributed by atoms with Gasteiger partial charge in [-0.05, 0) is 38.2 Å². The number of esters is 1. The number of ketones is 1. The number of hydrogen-bond donors (Lipinski definition) is 2. The Balaban J connectivity index is 1.87. The van der Waals surface area contributed by atoms with Crippen molar-refractivity contribution < 1.29 is 33.7 Å². The first-order chi connectivity index (χ1) is 16.8. The number of aliphatic hydroxyl groups is 2. The molecule has 2 aliphatic heterocycles. The van der Waals surface area contributed by atoms with E-state index in [-0.39, 0.29) is 34.9 Å². The number of carbonyl (C=O) groups excluding carboxylic acids is 2. The topological polar surface area (TPSA) is 122 Å². The number of nitrogens with zero attached hydrogens (tertiary/aromatic N) is 1. The molecule has 0 aliphatic carbocycles. The van der Waals surface area contributed by atoms with Crippen LogP contribution in [0.1, 0.15) is 84.7 Å². The molecule has 0 bridgehead atoms. The van der Waals surface area contributed by atoms with Crippen molar-refractivity contribution in [2.45, 2.75) is 110 Å². The Hall–Kier alpha value is -1.74. The molecule has 0 amide bonds. The van der Waals surface area contributed by atoms with E-state index in [9.17, 15) is 19.8 Å². The smallest absolute Gasteiger partial charge is 0.309 e. The molecule has 0 aromatic carbocycles. The molecule has 0 radical (unpaired) electrons. The molecule has 3 heterocycles. The van der Waals surface area contributed by atoms with Gasteiger partial charge in [-0.15, -0.1) is 0 Å². The number of carbonyl (C=O) groups is 2. The summed E-state index contributed by atoms with van der Waals surface area (Å²) in [7, 11) is 0. The van der Waals surface area contributed by atoms with E-state index in [4.69, 9.17) is 25.5 Å². The summed E-state index contributed by atoms with van der Waals surface area (Å²) < 4.78 is 17.0. The van der Waals surface area contributed by atoms with Crippen molar-refractivity contribution in [2.24, 2.45) is 17.3 Å². The first kappa shape index (κ1) is 28.8. The molecule has 1 aromatic heterocycles. The Labute approximate surface area is 218 Å². The van der Waals surface area contributed by atoms with Crippen LogP contribution in [0.25, 0.3) is 6.08 Å². The summed E-state index contributed by atoms with van der Waals surface area (Å²) in [5.74, 6) is -1.18. The standard InChI is InChI=1S/C27H40ClNO7/c1-7-18-24(32)15(2)9-8-10-27(6)22(36-27)12-20(19(28)11-17-14-34-16(3)29-17)35-23(31)13-21(30)26(4,5)25(18)33/h11,14-15,18,20-22,24,30,32H,7-10,12-13H2,1-6H3/t15-,18?,20-,21?,22-,24-,27+/m0/s1. The fourth-order valence-corrected chi connectivity index (χ4v) is 5.33. The van der Waals surface area contributed by atoms with Gasteiger partial charge < -0.3 is 24.1 Å². The van der Waals surface area contributed by atoms with E-state index in [0.29, 0.717) is 24.4 Å². The number of rotatable bonds is 3. The Kier molecular flexibility index (Phi) is 9.08. The van der Waals surface area contributed by atoms with Crippen LogP contribution < -0.4 is 0 Å². The number of cyclic esters (lactones) is 1. The van der Waals surface area contributed by atoms with Gasteiger partial charge in [-0.25, -0.2) is 4.98 Å². The normalized spacial score (nSPS) is 36.8. The van der Waals surface area contributed by atoms with E-state index in [1.54, 1.807) is 26.8 Å². The number of oxazole rings is 1. The molecule has 2 fully saturated rings. The highest BCUT2D eigenvalue weighted by Gasteiger charge is 2.53. The van der Waals surface area contributed by atoms with Crippen molar-refractivity contribution in [1.29, 1.82) is 0 Å². The Morgan fingerprint density at radius 2 is 1.97 bits per heavy atom. The number of halogens is 1. The molecule has 2 aliphatic rings. The molecular formula is C27H40ClNO7. The first-order valence-electron chi connectivity index (χ1n) is 12.9. The average Bonchev–Trinajstić information content (AvgIpc) is 3.24. The number of ether oxygens (including phenoxy) is 2. The van der Waals surface area contributed by atoms with Gasteiger partial charge in [0.05, 0.1) is 40.8 Å². The lowest BCUT2D eigenvalue weighted by Crippen LogP contribution is -2.46. The van der Waals surface area contributed by atoms with Crippen molar-refractivity contribution in [3.63, 3.8) is 0 Å². The van der Waals surface area contributed by atoms with Gasteiger partial charge in [0.2, 0.25) is 0 Å². The molecule has 2 unspecified atom stereocenters. The van der Waals surface area contributed by atoms with Gasteiger partial charge in [0.25, 0.3) is 0 Å². The Morgan fingerprint density at radius 3 is 2.58 bits per heavy atom. The minimum Gasteiger partial charge on any atom is -0.456 e. The summed E-state index contributed by atoms with van der Waals surface area (Å²) in [5, 5.41) is 22.2. The largest absolute Gasteiger partial charge is 0.456 e. The maximum Gasteiger partial charge on any atom is 0.309 e. The minimum absolute atomic E-state index is 0.0958. The van der Waals surface area contributed by atoms with Gasteiger partial charge in [0.1, 0.15) is 23.8 Å². The van der Waals surface area contributed by atoms with E-state index in [0.717, 1.165) is 19.3 Å². The van der Waals surface area contributed by atoms with Crippen LogP contribution >= 0.6 is 11.6 Å². The summed E-state index contributed by atoms with van der Waals surface area (Å²) in [4.78, 5) is 30.6. The lowest BCUT2D eigenvalue weighted by atomic mass is 9.71. The molecular weight excluding hydrogens is 486 g/mol. The van der Waals surface area contributed by atoms with Crippen LogP contribution in [0.3, 0.4) is 0 Å². The molecule has 7 atom stereocenters. The SMILES string of the molecule is CCC1C(=O)C(C)(C)C(O)CC(=O)O[C@H](C(Cl)=Cc2coc(C)n2)C[C@@H]2O[C@]2(C)CCC[C@H](C)[C@@H]1O. The summed E-state index contributed by atoms with van der Waals surface area (Å²) in [6.07, 6.45) is 2.72. The maximum absolute atomic E-state index is 13.4. The third-order valence-corrected chi connectivity index (χ3v) is 8.25. The molecule has 2 saturated heterocycles. The predicted molar refractivity (Wildman–Crippen MR) is 135 cm³/mol. The average molecular weight is 526 g/mol. The second kappa shape index (κ2) is 11.3. The van der Waals surface area contributed by atoms with E-state index in [1.165, 1.54) is 6.26 Å². The summed E-state index contributed by atoms with van der Waals surface area (Å²) >= 11 is 6.59. The summed E-state index contributed by atoms with van der Waals surface area (Å²) in [6, 6.07) is 0. The van der Waals surface area contributed by atoms with Crippen LogP contribution in [-0.4, -0.2) is 57.0 Å². The number of hydrogen-bond acceptors (Lipinski definition) is 8. The maximum atomic E-state index is 13.4. The first-order valence-corrected chi connectivity index (χ1v) is 13.2. The van der Waals surface area contributed by atoms with E-state index in [2.05, 4.69) is 4.98 Å². The van der Waals surface area contributed by atoms with Gasteiger partial charge in [-0.1, -0.05) is 45.7 Å². The van der Waals surface area contributed by atoms with Crippen LogP contribution in [0.2, 0.25) is 0 Å². The number of Topliss-reactive ketones (excluding diaryl/α,β-unsaturated/α-hetero) is 1. The zero-order valence-corrected chi connectivity index (χ0v) is 22.9. The van der Waals surface area contributed by atoms with Crippen molar-refractivity contribution in [3.05, 3.63) is 22.9 Å². The fraction of sp³-hybridized carbons (Fsp3) is 0.741. The quantitative estimate of drug-likeness (QED) is 0.434. The van der Waals surface area contributed by atoms with Crippen LogP contribution in [0.5, 0.6) is 0 Å². The third-order valence-electron chi connectivity index (χ3n) is 7.90. The highest BCUT2D eigenvalue weighted by Crippen LogP contribution is 2.45. The van der Waals surface area contributed by atoms with Crippen LogP contribution in [0.15, 0.2) is 15.7 Å². The second-order valence-corrected chi connectivity index (χ2v) is 11.6. The summed E-state index contributed by atoms with van der Waals surface area (Å²) in [6.45, 7) is 10.8. The zero-order chi connectivity index (χ0) is 26.8. The fourth-order valence-electron chi connectivity index (χ4n) is 5.09. The lowest BCUT2D eigenvalue weighted by Gasteiger charge is -2.35. The molecule has 36 heavy (non-hydrogen) atoms. The van der Waals surface area contributed by atoms with Gasteiger partial charge in [-0.3, -0.25) is 9.59 Å². The highest BCUT2D eigenvalue weighted by atomic mass is 35.5. The van der Waals surface area contributed by atoms with Gasteiger partial charge in [0, 0.05) is 19.3 Å². The molecule has 0 spiro atoms. The van der Waals surface area contributed by atoms with Crippen molar-refractivity contribution in [1.82, 2.24) is 4.98 Å². The molecule has 202 valence electrons. The molecule has 3 rings (SSSR count). The van der Waals surface area contributed by atoms with Crippen LogP contribution in [0.4, 0.5) is 0 Å². The molecule has 8 nitrogen and oxygen atoms in total. The molecule has 0 saturated carbocycles. The van der Waals surface area contributed by atoms with Gasteiger partial charge in [0.15, 0.2) is 5.89 Å². The lowest BCUT2D eigenvalue weighted by molar-refractivity contribution is -0.154. The van der Waals surface area contributed by atoms with Crippen LogP contribution in [0, 0.1) is 24.2 Å². The second-order valence-electron chi connectivity index (χ2n) is 11.1. The van der Waals surface area contributed by atoms with Crippen LogP contribution in [-0.2, 0) is 19.1 Å². The molecule has 9 heteroatoms. The van der Waals surface area contributed by atoms with E-state index >= 15 is 0 Å².